The molecule has 4 atom stereocenters. The summed E-state index contributed by atoms with van der Waals surface area (Å²) in [5, 5.41) is 1.33. The van der Waals surface area contributed by atoms with E-state index in [0.29, 0.717) is 25.0 Å². The highest BCUT2D eigenvalue weighted by molar-refractivity contribution is 14.1. The van der Waals surface area contributed by atoms with Gasteiger partial charge < -0.3 is 18.6 Å². The highest BCUT2D eigenvalue weighted by atomic mass is 127. The molecule has 7 nitrogen and oxygen atoms in total. The van der Waals surface area contributed by atoms with Crippen LogP contribution in [0.4, 0.5) is 0 Å². The van der Waals surface area contributed by atoms with Crippen molar-refractivity contribution in [3.8, 4) is 0 Å². The Bertz CT molecular complexity index is 905. The second kappa shape index (κ2) is 9.90. The number of hydrogen-bond acceptors (Lipinski definition) is 6. The van der Waals surface area contributed by atoms with Crippen molar-refractivity contribution in [3.05, 3.63) is 21.2 Å². The van der Waals surface area contributed by atoms with E-state index in [9.17, 15) is 0 Å². The summed E-state index contributed by atoms with van der Waals surface area (Å²) >= 11 is 8.59. The van der Waals surface area contributed by atoms with Crippen LogP contribution >= 0.6 is 34.2 Å². The average Bonchev–Trinajstić information content (AvgIpc) is 3.18. The Morgan fingerprint density at radius 2 is 1.81 bits per heavy atom. The third kappa shape index (κ3) is 5.12. The van der Waals surface area contributed by atoms with Crippen LogP contribution in [0, 0.1) is 3.70 Å². The molecule has 0 unspecified atom stereocenters. The fraction of sp³-hybridized carbons (Fsp3) is 0.714. The van der Waals surface area contributed by atoms with Gasteiger partial charge in [0.05, 0.1) is 15.7 Å². The van der Waals surface area contributed by atoms with E-state index >= 15 is 0 Å². The minimum Gasteiger partial charge on any atom is -0.414 e. The van der Waals surface area contributed by atoms with Crippen LogP contribution in [-0.4, -0.2) is 61.0 Å². The molecule has 0 spiro atoms. The Morgan fingerprint density at radius 1 is 1.16 bits per heavy atom. The Balaban J connectivity index is 1.96. The highest BCUT2D eigenvalue weighted by Crippen LogP contribution is 2.40. The first-order valence-electron chi connectivity index (χ1n) is 10.7. The molecule has 1 saturated heterocycles. The van der Waals surface area contributed by atoms with Gasteiger partial charge in [0, 0.05) is 13.2 Å². The Hall–Kier alpha value is -0.303. The maximum atomic E-state index is 6.57. The Labute approximate surface area is 204 Å². The summed E-state index contributed by atoms with van der Waals surface area (Å²) in [7, 11) is -1.94. The standard InChI is InChI=1S/C21H33ClIN3O4Si/c1-8-27-16-14(11-29-31(6,7)21(3,4)5)30-20(17(16)28-9-2)26-15(23)10-13-18(22)24-12-25-19(13)26/h10,12,14,16-17,20H,8-9,11H2,1-7H3/t14-,16-,17-,20-/m1/s1. The molecule has 0 aliphatic carbocycles. The first-order chi connectivity index (χ1) is 14.5. The van der Waals surface area contributed by atoms with Crippen LogP contribution < -0.4 is 0 Å². The predicted molar refractivity (Wildman–Crippen MR) is 133 cm³/mol. The van der Waals surface area contributed by atoms with E-state index in [1.54, 1.807) is 0 Å². The molecule has 3 heterocycles. The third-order valence-corrected chi connectivity index (χ3v) is 11.8. The summed E-state index contributed by atoms with van der Waals surface area (Å²) in [6.07, 6.45) is 0.280. The molecular weight excluding hydrogens is 549 g/mol. The van der Waals surface area contributed by atoms with Crippen LogP contribution in [0.5, 0.6) is 0 Å². The lowest BCUT2D eigenvalue weighted by molar-refractivity contribution is -0.0736. The minimum absolute atomic E-state index is 0.116. The van der Waals surface area contributed by atoms with Crippen LogP contribution in [0.25, 0.3) is 11.0 Å². The van der Waals surface area contributed by atoms with Crippen molar-refractivity contribution in [2.45, 2.75) is 77.3 Å². The monoisotopic (exact) mass is 581 g/mol. The zero-order chi connectivity index (χ0) is 23.0. The largest absolute Gasteiger partial charge is 0.414 e. The van der Waals surface area contributed by atoms with Crippen LogP contribution in [0.3, 0.4) is 0 Å². The normalized spacial score (nSPS) is 24.9. The summed E-state index contributed by atoms with van der Waals surface area (Å²) in [4.78, 5) is 8.59. The molecule has 2 aromatic heterocycles. The van der Waals surface area contributed by atoms with Gasteiger partial charge in [0.1, 0.15) is 35.4 Å². The van der Waals surface area contributed by atoms with E-state index in [0.717, 1.165) is 14.7 Å². The molecule has 0 aromatic carbocycles. The quantitative estimate of drug-likeness (QED) is 0.236. The van der Waals surface area contributed by atoms with Crippen molar-refractivity contribution < 1.29 is 18.6 Å². The van der Waals surface area contributed by atoms with Crippen molar-refractivity contribution in [2.75, 3.05) is 19.8 Å². The van der Waals surface area contributed by atoms with E-state index in [4.69, 9.17) is 30.2 Å². The molecule has 1 aliphatic rings. The second-order valence-electron chi connectivity index (χ2n) is 9.22. The van der Waals surface area contributed by atoms with Gasteiger partial charge in [0.2, 0.25) is 0 Å². The second-order valence-corrected chi connectivity index (χ2v) is 15.5. The van der Waals surface area contributed by atoms with Gasteiger partial charge in [-0.2, -0.15) is 0 Å². The van der Waals surface area contributed by atoms with Gasteiger partial charge in [-0.05, 0) is 60.6 Å². The molecule has 2 aromatic rings. The Morgan fingerprint density at radius 3 is 2.42 bits per heavy atom. The molecule has 0 N–H and O–H groups in total. The highest BCUT2D eigenvalue weighted by Gasteiger charge is 2.49. The number of aromatic nitrogens is 3. The lowest BCUT2D eigenvalue weighted by Gasteiger charge is -2.37. The Kier molecular flexibility index (Phi) is 8.09. The van der Waals surface area contributed by atoms with E-state index < -0.39 is 14.5 Å². The van der Waals surface area contributed by atoms with Crippen molar-refractivity contribution in [2.24, 2.45) is 0 Å². The first kappa shape index (κ1) is 25.3. The molecule has 0 radical (unpaired) electrons. The topological polar surface area (TPSA) is 67.6 Å². The summed E-state index contributed by atoms with van der Waals surface area (Å²) < 4.78 is 28.4. The van der Waals surface area contributed by atoms with Crippen LogP contribution in [0.15, 0.2) is 12.4 Å². The molecule has 1 aliphatic heterocycles. The van der Waals surface area contributed by atoms with E-state index in [1.807, 2.05) is 24.5 Å². The summed E-state index contributed by atoms with van der Waals surface area (Å²) in [6.45, 7) is 16.8. The summed E-state index contributed by atoms with van der Waals surface area (Å²) in [5.41, 5.74) is 0.723. The SMILES string of the molecule is CCO[C@@H]1[C@H](OCC)[C@@H](CO[Si](C)(C)C(C)(C)C)O[C@H]1n1c(I)cc2c(Cl)ncnc21. The van der Waals surface area contributed by atoms with Crippen molar-refractivity contribution in [3.63, 3.8) is 0 Å². The fourth-order valence-corrected chi connectivity index (χ4v) is 5.55. The van der Waals surface area contributed by atoms with E-state index in [1.165, 1.54) is 6.33 Å². The van der Waals surface area contributed by atoms with Gasteiger partial charge in [-0.25, -0.2) is 9.97 Å². The predicted octanol–water partition coefficient (Wildman–Crippen LogP) is 5.42. The number of halogens is 2. The molecule has 3 rings (SSSR count). The lowest BCUT2D eigenvalue weighted by Crippen LogP contribution is -2.45. The van der Waals surface area contributed by atoms with Crippen molar-refractivity contribution in [1.82, 2.24) is 14.5 Å². The molecular formula is C21H33ClIN3O4Si. The molecule has 0 saturated carbocycles. The van der Waals surface area contributed by atoms with E-state index in [2.05, 4.69) is 66.4 Å². The summed E-state index contributed by atoms with van der Waals surface area (Å²) in [6, 6.07) is 1.97. The van der Waals surface area contributed by atoms with Gasteiger partial charge in [0.15, 0.2) is 14.5 Å². The van der Waals surface area contributed by atoms with Crippen LogP contribution in [0.2, 0.25) is 23.3 Å². The minimum atomic E-state index is -1.94. The van der Waals surface area contributed by atoms with Gasteiger partial charge in [-0.15, -0.1) is 0 Å². The zero-order valence-electron chi connectivity index (χ0n) is 19.3. The number of ether oxygens (including phenoxy) is 3. The molecule has 0 bridgehead atoms. The van der Waals surface area contributed by atoms with Gasteiger partial charge >= 0.3 is 0 Å². The summed E-state index contributed by atoms with van der Waals surface area (Å²) in [5.74, 6) is 0. The van der Waals surface area contributed by atoms with Gasteiger partial charge in [0.25, 0.3) is 0 Å². The van der Waals surface area contributed by atoms with Crippen LogP contribution in [0.1, 0.15) is 40.8 Å². The third-order valence-electron chi connectivity index (χ3n) is 6.21. The zero-order valence-corrected chi connectivity index (χ0v) is 23.2. The van der Waals surface area contributed by atoms with Gasteiger partial charge in [-0.1, -0.05) is 32.4 Å². The van der Waals surface area contributed by atoms with Crippen molar-refractivity contribution >= 4 is 53.5 Å². The van der Waals surface area contributed by atoms with Gasteiger partial charge in [-0.3, -0.25) is 4.57 Å². The van der Waals surface area contributed by atoms with Crippen molar-refractivity contribution in [1.29, 1.82) is 0 Å². The average molecular weight is 582 g/mol. The molecule has 10 heteroatoms. The van der Waals surface area contributed by atoms with E-state index in [-0.39, 0.29) is 23.4 Å². The number of rotatable bonds is 8. The maximum absolute atomic E-state index is 6.57. The van der Waals surface area contributed by atoms with Crippen LogP contribution in [-0.2, 0) is 18.6 Å². The number of fused-ring (bicyclic) bond motifs is 1. The first-order valence-corrected chi connectivity index (χ1v) is 15.1. The molecule has 1 fully saturated rings. The number of hydrogen-bond donors (Lipinski definition) is 0. The smallest absolute Gasteiger partial charge is 0.192 e. The molecule has 0 amide bonds. The lowest BCUT2D eigenvalue weighted by atomic mass is 10.1. The molecule has 174 valence electrons. The fourth-order valence-electron chi connectivity index (χ4n) is 3.53. The number of nitrogens with zero attached hydrogens (tertiary/aromatic N) is 3. The maximum Gasteiger partial charge on any atom is 0.192 e. The molecule has 31 heavy (non-hydrogen) atoms.